The van der Waals surface area contributed by atoms with Gasteiger partial charge in [-0.05, 0) is 51.3 Å². The Bertz CT molecular complexity index is 733. The number of benzene rings is 1. The van der Waals surface area contributed by atoms with Crippen molar-refractivity contribution in [2.75, 3.05) is 26.8 Å². The summed E-state index contributed by atoms with van der Waals surface area (Å²) in [4.78, 5) is 13.7. The summed E-state index contributed by atoms with van der Waals surface area (Å²) in [5.41, 5.74) is 0.873. The number of para-hydroxylation sites is 1. The topological polar surface area (TPSA) is 82.4 Å². The number of tetrazole rings is 1. The van der Waals surface area contributed by atoms with Crippen LogP contribution in [-0.4, -0.2) is 64.0 Å². The van der Waals surface area contributed by atoms with Crippen LogP contribution in [0.2, 0.25) is 0 Å². The van der Waals surface area contributed by atoms with Crippen molar-refractivity contribution in [1.29, 1.82) is 0 Å². The molecule has 9 heteroatoms. The Kier molecular flexibility index (Phi) is 6.70. The molecule has 26 heavy (non-hydrogen) atoms. The van der Waals surface area contributed by atoms with Crippen LogP contribution < -0.4 is 0 Å². The number of hydrogen-bond acceptors (Lipinski definition) is 7. The van der Waals surface area contributed by atoms with Crippen LogP contribution in [0.5, 0.6) is 0 Å². The quantitative estimate of drug-likeness (QED) is 0.600. The summed E-state index contributed by atoms with van der Waals surface area (Å²) in [5, 5.41) is 12.1. The standard InChI is InChI=1S/C17H22BrN5O3/c1-25-17(24)8-9-22(11-13-5-4-10-26-13)12-16-19-20-21-23(16)15-7-3-2-6-14(15)18/h2-3,6-7,13H,4-5,8-12H2,1H3. The van der Waals surface area contributed by atoms with Gasteiger partial charge < -0.3 is 9.47 Å². The van der Waals surface area contributed by atoms with Crippen LogP contribution in [0.3, 0.4) is 0 Å². The third kappa shape index (κ3) is 4.87. The van der Waals surface area contributed by atoms with Gasteiger partial charge in [0.25, 0.3) is 0 Å². The van der Waals surface area contributed by atoms with Crippen molar-refractivity contribution in [2.45, 2.75) is 31.9 Å². The number of ether oxygens (including phenoxy) is 2. The lowest BCUT2D eigenvalue weighted by atomic mass is 10.2. The third-order valence-electron chi connectivity index (χ3n) is 4.33. The summed E-state index contributed by atoms with van der Waals surface area (Å²) >= 11 is 3.54. The first-order valence-electron chi connectivity index (χ1n) is 8.60. The predicted molar refractivity (Wildman–Crippen MR) is 97.7 cm³/mol. The molecule has 1 unspecified atom stereocenters. The molecular formula is C17H22BrN5O3. The van der Waals surface area contributed by atoms with Gasteiger partial charge in [-0.2, -0.15) is 4.68 Å². The molecule has 2 heterocycles. The third-order valence-corrected chi connectivity index (χ3v) is 5.00. The molecule has 1 fully saturated rings. The Morgan fingerprint density at radius 2 is 2.31 bits per heavy atom. The molecule has 0 saturated carbocycles. The number of methoxy groups -OCH3 is 1. The van der Waals surface area contributed by atoms with E-state index in [-0.39, 0.29) is 12.1 Å². The molecule has 0 amide bonds. The molecule has 0 radical (unpaired) electrons. The van der Waals surface area contributed by atoms with Crippen LogP contribution in [0.4, 0.5) is 0 Å². The summed E-state index contributed by atoms with van der Waals surface area (Å²) in [5.74, 6) is 0.479. The molecule has 1 aromatic carbocycles. The van der Waals surface area contributed by atoms with Crippen molar-refractivity contribution in [2.24, 2.45) is 0 Å². The molecule has 1 aliphatic rings. The van der Waals surface area contributed by atoms with Crippen LogP contribution in [0.25, 0.3) is 5.69 Å². The van der Waals surface area contributed by atoms with Crippen molar-refractivity contribution >= 4 is 21.9 Å². The summed E-state index contributed by atoms with van der Waals surface area (Å²) in [6.45, 7) is 2.62. The van der Waals surface area contributed by atoms with Gasteiger partial charge in [-0.25, -0.2) is 0 Å². The molecule has 140 valence electrons. The van der Waals surface area contributed by atoms with Crippen molar-refractivity contribution in [3.05, 3.63) is 34.6 Å². The Morgan fingerprint density at radius 3 is 3.04 bits per heavy atom. The molecular weight excluding hydrogens is 402 g/mol. The van der Waals surface area contributed by atoms with Gasteiger partial charge in [0.1, 0.15) is 0 Å². The van der Waals surface area contributed by atoms with Crippen LogP contribution in [0.15, 0.2) is 28.7 Å². The van der Waals surface area contributed by atoms with Crippen LogP contribution in [0, 0.1) is 0 Å². The molecule has 0 spiro atoms. The number of hydrogen-bond donors (Lipinski definition) is 0. The molecule has 2 aromatic rings. The average Bonchev–Trinajstić information content (AvgIpc) is 3.32. The predicted octanol–water partition coefficient (Wildman–Crippen LogP) is 1.97. The SMILES string of the molecule is COC(=O)CCN(Cc1nnnn1-c1ccccc1Br)CC1CCCO1. The molecule has 0 N–H and O–H groups in total. The van der Waals surface area contributed by atoms with Crippen LogP contribution in [0.1, 0.15) is 25.1 Å². The first kappa shape index (κ1) is 18.9. The van der Waals surface area contributed by atoms with Crippen molar-refractivity contribution < 1.29 is 14.3 Å². The highest BCUT2D eigenvalue weighted by atomic mass is 79.9. The second-order valence-electron chi connectivity index (χ2n) is 6.15. The van der Waals surface area contributed by atoms with Gasteiger partial charge in [0.05, 0.1) is 31.9 Å². The number of nitrogens with zero attached hydrogens (tertiary/aromatic N) is 5. The van der Waals surface area contributed by atoms with Crippen molar-refractivity contribution in [3.63, 3.8) is 0 Å². The highest BCUT2D eigenvalue weighted by molar-refractivity contribution is 9.10. The van der Waals surface area contributed by atoms with E-state index in [4.69, 9.17) is 9.47 Å². The molecule has 1 aliphatic heterocycles. The average molecular weight is 424 g/mol. The van der Waals surface area contributed by atoms with E-state index < -0.39 is 0 Å². The Hall–Kier alpha value is -1.84. The fraction of sp³-hybridized carbons (Fsp3) is 0.529. The van der Waals surface area contributed by atoms with Gasteiger partial charge in [0.2, 0.25) is 0 Å². The molecule has 0 aliphatic carbocycles. The van der Waals surface area contributed by atoms with Gasteiger partial charge in [0.15, 0.2) is 5.82 Å². The molecule has 1 atom stereocenters. The maximum Gasteiger partial charge on any atom is 0.306 e. The van der Waals surface area contributed by atoms with Crippen molar-refractivity contribution in [1.82, 2.24) is 25.1 Å². The van der Waals surface area contributed by atoms with E-state index in [9.17, 15) is 4.79 Å². The normalized spacial score (nSPS) is 17.0. The highest BCUT2D eigenvalue weighted by Crippen LogP contribution is 2.21. The van der Waals surface area contributed by atoms with E-state index in [0.717, 1.165) is 36.2 Å². The largest absolute Gasteiger partial charge is 0.469 e. The molecule has 3 rings (SSSR count). The van der Waals surface area contributed by atoms with E-state index in [1.807, 2.05) is 24.3 Å². The molecule has 8 nitrogen and oxygen atoms in total. The smallest absolute Gasteiger partial charge is 0.306 e. The zero-order chi connectivity index (χ0) is 18.4. The second-order valence-corrected chi connectivity index (χ2v) is 7.01. The first-order chi connectivity index (χ1) is 12.7. The van der Waals surface area contributed by atoms with E-state index in [2.05, 4.69) is 36.4 Å². The van der Waals surface area contributed by atoms with Gasteiger partial charge >= 0.3 is 5.97 Å². The van der Waals surface area contributed by atoms with E-state index in [1.165, 1.54) is 7.11 Å². The van der Waals surface area contributed by atoms with E-state index >= 15 is 0 Å². The zero-order valence-corrected chi connectivity index (χ0v) is 16.3. The summed E-state index contributed by atoms with van der Waals surface area (Å²) in [7, 11) is 1.40. The minimum Gasteiger partial charge on any atom is -0.469 e. The lowest BCUT2D eigenvalue weighted by molar-refractivity contribution is -0.141. The van der Waals surface area contributed by atoms with Crippen molar-refractivity contribution in [3.8, 4) is 5.69 Å². The number of carbonyl (C=O) groups is 1. The van der Waals surface area contributed by atoms with Gasteiger partial charge in [-0.15, -0.1) is 5.10 Å². The number of rotatable bonds is 8. The number of carbonyl (C=O) groups excluding carboxylic acids is 1. The second kappa shape index (κ2) is 9.20. The summed E-state index contributed by atoms with van der Waals surface area (Å²) < 4.78 is 13.1. The maximum atomic E-state index is 11.6. The monoisotopic (exact) mass is 423 g/mol. The lowest BCUT2D eigenvalue weighted by Gasteiger charge is -2.24. The Morgan fingerprint density at radius 1 is 1.46 bits per heavy atom. The number of aromatic nitrogens is 4. The van der Waals surface area contributed by atoms with Gasteiger partial charge in [-0.3, -0.25) is 9.69 Å². The zero-order valence-electron chi connectivity index (χ0n) is 14.7. The van der Waals surface area contributed by atoms with E-state index in [1.54, 1.807) is 4.68 Å². The molecule has 0 bridgehead atoms. The van der Waals surface area contributed by atoms with E-state index in [0.29, 0.717) is 25.3 Å². The molecule has 1 aromatic heterocycles. The molecule has 1 saturated heterocycles. The Labute approximate surface area is 160 Å². The summed E-state index contributed by atoms with van der Waals surface area (Å²) in [6, 6.07) is 7.77. The summed E-state index contributed by atoms with van der Waals surface area (Å²) in [6.07, 6.45) is 2.61. The maximum absolute atomic E-state index is 11.6. The minimum atomic E-state index is -0.229. The number of halogens is 1. The minimum absolute atomic E-state index is 0.181. The van der Waals surface area contributed by atoms with Crippen LogP contribution >= 0.6 is 15.9 Å². The Balaban J connectivity index is 1.74. The van der Waals surface area contributed by atoms with Crippen LogP contribution in [-0.2, 0) is 20.8 Å². The van der Waals surface area contributed by atoms with Gasteiger partial charge in [-0.1, -0.05) is 12.1 Å². The first-order valence-corrected chi connectivity index (χ1v) is 9.39. The highest BCUT2D eigenvalue weighted by Gasteiger charge is 2.22. The number of esters is 1. The fourth-order valence-corrected chi connectivity index (χ4v) is 3.43. The fourth-order valence-electron chi connectivity index (χ4n) is 2.98. The lowest BCUT2D eigenvalue weighted by Crippen LogP contribution is -2.34. The van der Waals surface area contributed by atoms with Gasteiger partial charge in [0, 0.05) is 24.2 Å².